The first kappa shape index (κ1) is 13.7. The molecule has 1 aromatic heterocycles. The fourth-order valence-electron chi connectivity index (χ4n) is 1.62. The third kappa shape index (κ3) is 3.64. The van der Waals surface area contributed by atoms with E-state index in [0.717, 1.165) is 0 Å². The maximum Gasteiger partial charge on any atom is 0.279 e. The summed E-state index contributed by atoms with van der Waals surface area (Å²) in [6.07, 6.45) is 0. The third-order valence-corrected chi connectivity index (χ3v) is 2.54. The van der Waals surface area contributed by atoms with Crippen molar-refractivity contribution >= 4 is 11.9 Å². The minimum atomic E-state index is -0.312. The molecule has 0 bridgehead atoms. The molecule has 2 rings (SSSR count). The van der Waals surface area contributed by atoms with Crippen molar-refractivity contribution in [1.29, 1.82) is 0 Å². The van der Waals surface area contributed by atoms with Gasteiger partial charge < -0.3 is 10.6 Å². The van der Waals surface area contributed by atoms with E-state index in [1.165, 1.54) is 6.92 Å². The number of anilines is 1. The van der Waals surface area contributed by atoms with Crippen LogP contribution in [0.3, 0.4) is 0 Å². The van der Waals surface area contributed by atoms with Gasteiger partial charge in [0, 0.05) is 25.6 Å². The number of aromatic amines is 1. The second-order valence-corrected chi connectivity index (χ2v) is 4.13. The lowest BCUT2D eigenvalue weighted by Crippen LogP contribution is -2.27. The van der Waals surface area contributed by atoms with Gasteiger partial charge >= 0.3 is 0 Å². The van der Waals surface area contributed by atoms with Gasteiger partial charge in [0.2, 0.25) is 11.9 Å². The minimum Gasteiger partial charge on any atom is -0.355 e. The number of H-pyrrole nitrogens is 1. The van der Waals surface area contributed by atoms with E-state index < -0.39 is 0 Å². The van der Waals surface area contributed by atoms with Crippen molar-refractivity contribution in [3.63, 3.8) is 0 Å². The third-order valence-electron chi connectivity index (χ3n) is 2.54. The molecule has 2 aromatic rings. The highest BCUT2D eigenvalue weighted by molar-refractivity contribution is 5.72. The van der Waals surface area contributed by atoms with Crippen molar-refractivity contribution in [3.8, 4) is 11.3 Å². The summed E-state index contributed by atoms with van der Waals surface area (Å²) in [7, 11) is 0. The van der Waals surface area contributed by atoms with Crippen LogP contribution < -0.4 is 16.2 Å². The van der Waals surface area contributed by atoms with Crippen LogP contribution in [0.4, 0.5) is 5.95 Å². The number of nitrogens with one attached hydrogen (secondary N) is 3. The Balaban J connectivity index is 2.03. The van der Waals surface area contributed by atoms with E-state index in [0.29, 0.717) is 18.7 Å². The van der Waals surface area contributed by atoms with Crippen molar-refractivity contribution in [2.45, 2.75) is 6.92 Å². The topological polar surface area (TPSA) is 99.8 Å². The maximum absolute atomic E-state index is 11.9. The zero-order valence-corrected chi connectivity index (χ0v) is 11.0. The second kappa shape index (κ2) is 6.46. The molecule has 0 spiro atoms. The highest BCUT2D eigenvalue weighted by Gasteiger charge is 2.06. The SMILES string of the molecule is CC(=O)NCCNc1nnc(-c2ccccc2)c(=O)[nH]1. The van der Waals surface area contributed by atoms with Crippen molar-refractivity contribution in [3.05, 3.63) is 40.7 Å². The van der Waals surface area contributed by atoms with Crippen LogP contribution in [-0.4, -0.2) is 34.2 Å². The predicted molar refractivity (Wildman–Crippen MR) is 75.3 cm³/mol. The molecule has 0 saturated carbocycles. The van der Waals surface area contributed by atoms with Crippen LogP contribution in [0.5, 0.6) is 0 Å². The average Bonchev–Trinajstić information content (AvgIpc) is 2.44. The van der Waals surface area contributed by atoms with Gasteiger partial charge in [-0.1, -0.05) is 30.3 Å². The van der Waals surface area contributed by atoms with E-state index in [1.54, 1.807) is 12.1 Å². The number of hydrogen-bond acceptors (Lipinski definition) is 5. The number of rotatable bonds is 5. The Labute approximate surface area is 115 Å². The number of benzene rings is 1. The van der Waals surface area contributed by atoms with Gasteiger partial charge in [0.05, 0.1) is 0 Å². The Hall–Kier alpha value is -2.70. The molecule has 3 N–H and O–H groups in total. The van der Waals surface area contributed by atoms with Crippen LogP contribution in [0, 0.1) is 0 Å². The Morgan fingerprint density at radius 1 is 1.20 bits per heavy atom. The summed E-state index contributed by atoms with van der Waals surface area (Å²) < 4.78 is 0. The normalized spacial score (nSPS) is 10.1. The molecule has 1 aromatic carbocycles. The van der Waals surface area contributed by atoms with E-state index in [1.807, 2.05) is 18.2 Å². The average molecular weight is 273 g/mol. The molecule has 0 atom stereocenters. The van der Waals surface area contributed by atoms with Gasteiger partial charge in [-0.3, -0.25) is 14.6 Å². The van der Waals surface area contributed by atoms with E-state index >= 15 is 0 Å². The number of aromatic nitrogens is 3. The van der Waals surface area contributed by atoms with Crippen molar-refractivity contribution < 1.29 is 4.79 Å². The van der Waals surface area contributed by atoms with Crippen LogP contribution in [0.2, 0.25) is 0 Å². The van der Waals surface area contributed by atoms with Crippen LogP contribution in [-0.2, 0) is 4.79 Å². The summed E-state index contributed by atoms with van der Waals surface area (Å²) >= 11 is 0. The number of hydrogen-bond donors (Lipinski definition) is 3. The number of amides is 1. The monoisotopic (exact) mass is 273 g/mol. The van der Waals surface area contributed by atoms with E-state index in [4.69, 9.17) is 0 Å². The van der Waals surface area contributed by atoms with E-state index in [2.05, 4.69) is 25.8 Å². The molecule has 7 nitrogen and oxygen atoms in total. The lowest BCUT2D eigenvalue weighted by Gasteiger charge is -2.05. The Morgan fingerprint density at radius 3 is 2.60 bits per heavy atom. The van der Waals surface area contributed by atoms with Crippen LogP contribution in [0.25, 0.3) is 11.3 Å². The first-order valence-electron chi connectivity index (χ1n) is 6.17. The molecular formula is C13H15N5O2. The highest BCUT2D eigenvalue weighted by Crippen LogP contribution is 2.10. The molecule has 0 fully saturated rings. The standard InChI is InChI=1S/C13H15N5O2/c1-9(19)14-7-8-15-13-16-12(20)11(17-18-13)10-5-3-2-4-6-10/h2-6H,7-8H2,1H3,(H,14,19)(H2,15,16,18,20). The first-order valence-corrected chi connectivity index (χ1v) is 6.17. The van der Waals surface area contributed by atoms with Gasteiger partial charge in [0.25, 0.3) is 5.56 Å². The molecular weight excluding hydrogens is 258 g/mol. The molecule has 1 amide bonds. The smallest absolute Gasteiger partial charge is 0.279 e. The molecule has 20 heavy (non-hydrogen) atoms. The summed E-state index contributed by atoms with van der Waals surface area (Å²) in [6.45, 7) is 2.34. The van der Waals surface area contributed by atoms with Crippen LogP contribution in [0.1, 0.15) is 6.92 Å². The number of carbonyl (C=O) groups is 1. The van der Waals surface area contributed by atoms with E-state index in [-0.39, 0.29) is 23.1 Å². The van der Waals surface area contributed by atoms with Gasteiger partial charge in [-0.05, 0) is 0 Å². The van der Waals surface area contributed by atoms with Crippen LogP contribution in [0.15, 0.2) is 35.1 Å². The van der Waals surface area contributed by atoms with Crippen molar-refractivity contribution in [2.75, 3.05) is 18.4 Å². The zero-order chi connectivity index (χ0) is 14.4. The number of nitrogens with zero attached hydrogens (tertiary/aromatic N) is 2. The molecule has 1 heterocycles. The van der Waals surface area contributed by atoms with Crippen molar-refractivity contribution in [1.82, 2.24) is 20.5 Å². The number of carbonyl (C=O) groups excluding carboxylic acids is 1. The largest absolute Gasteiger partial charge is 0.355 e. The van der Waals surface area contributed by atoms with Gasteiger partial charge in [0.1, 0.15) is 0 Å². The highest BCUT2D eigenvalue weighted by atomic mass is 16.1. The Bertz CT molecular complexity index is 639. The Morgan fingerprint density at radius 2 is 1.95 bits per heavy atom. The fraction of sp³-hybridized carbons (Fsp3) is 0.231. The maximum atomic E-state index is 11.9. The summed E-state index contributed by atoms with van der Waals surface area (Å²) in [6, 6.07) is 9.11. The van der Waals surface area contributed by atoms with Crippen molar-refractivity contribution in [2.24, 2.45) is 0 Å². The van der Waals surface area contributed by atoms with Gasteiger partial charge in [-0.2, -0.15) is 0 Å². The van der Waals surface area contributed by atoms with Gasteiger partial charge in [-0.15, -0.1) is 10.2 Å². The van der Waals surface area contributed by atoms with Gasteiger partial charge in [0.15, 0.2) is 5.69 Å². The molecule has 0 radical (unpaired) electrons. The summed E-state index contributed by atoms with van der Waals surface area (Å²) in [5, 5.41) is 13.3. The Kier molecular flexibility index (Phi) is 4.43. The first-order chi connectivity index (χ1) is 9.66. The summed E-state index contributed by atoms with van der Waals surface area (Å²) in [5.41, 5.74) is 0.678. The minimum absolute atomic E-state index is 0.106. The van der Waals surface area contributed by atoms with Gasteiger partial charge in [-0.25, -0.2) is 0 Å². The molecule has 7 heteroatoms. The summed E-state index contributed by atoms with van der Waals surface area (Å²) in [4.78, 5) is 25.2. The lowest BCUT2D eigenvalue weighted by atomic mass is 10.2. The second-order valence-electron chi connectivity index (χ2n) is 4.13. The lowest BCUT2D eigenvalue weighted by molar-refractivity contribution is -0.118. The van der Waals surface area contributed by atoms with Crippen LogP contribution >= 0.6 is 0 Å². The molecule has 0 unspecified atom stereocenters. The fourth-order valence-corrected chi connectivity index (χ4v) is 1.62. The molecule has 0 aliphatic carbocycles. The molecule has 0 saturated heterocycles. The zero-order valence-electron chi connectivity index (χ0n) is 11.0. The molecule has 104 valence electrons. The summed E-state index contributed by atoms with van der Waals surface area (Å²) in [5.74, 6) is 0.172. The quantitative estimate of drug-likeness (QED) is 0.684. The predicted octanol–water partition coefficient (Wildman–Crippen LogP) is 0.380. The molecule has 0 aliphatic rings. The molecule has 0 aliphatic heterocycles. The van der Waals surface area contributed by atoms with E-state index in [9.17, 15) is 9.59 Å².